The average Bonchev–Trinajstić information content (AvgIpc) is 2.76. The highest BCUT2D eigenvalue weighted by atomic mass is 31.2. The maximum atomic E-state index is 14.4. The third-order valence-corrected chi connectivity index (χ3v) is 9.23. The van der Waals surface area contributed by atoms with E-state index >= 15 is 0 Å². The highest BCUT2D eigenvalue weighted by Gasteiger charge is 2.54. The highest BCUT2D eigenvalue weighted by Crippen LogP contribution is 2.74. The van der Waals surface area contributed by atoms with Crippen LogP contribution in [-0.4, -0.2) is 13.2 Å². The third-order valence-electron chi connectivity index (χ3n) is 4.99. The molecular weight excluding hydrogens is 398 g/mol. The molecule has 0 amide bonds. The maximum absolute atomic E-state index is 14.4. The predicted molar refractivity (Wildman–Crippen MR) is 123 cm³/mol. The summed E-state index contributed by atoms with van der Waals surface area (Å²) in [5, 5.41) is 0. The zero-order valence-electron chi connectivity index (χ0n) is 16.9. The van der Waals surface area contributed by atoms with Crippen molar-refractivity contribution in [3.63, 3.8) is 0 Å². The van der Waals surface area contributed by atoms with Crippen molar-refractivity contribution in [2.75, 3.05) is 13.2 Å². The van der Waals surface area contributed by atoms with Crippen LogP contribution < -0.4 is 0 Å². The van der Waals surface area contributed by atoms with E-state index < -0.39 is 12.5 Å². The van der Waals surface area contributed by atoms with E-state index in [-0.39, 0.29) is 5.92 Å². The first-order chi connectivity index (χ1) is 14.1. The van der Waals surface area contributed by atoms with Crippen LogP contribution >= 0.6 is 16.8 Å². The van der Waals surface area contributed by atoms with E-state index in [0.717, 1.165) is 16.7 Å². The SMILES string of the molecule is CCOP(=O)(OCC)C(P)(c1ccccc1)C(c1ccccc1)c1ccccc1. The molecule has 3 nitrogen and oxygen atoms in total. The first-order valence-corrected chi connectivity index (χ1v) is 12.0. The molecule has 2 unspecified atom stereocenters. The Balaban J connectivity index is 2.34. The van der Waals surface area contributed by atoms with E-state index in [1.807, 2.05) is 80.6 Å². The molecule has 0 aliphatic carbocycles. The molecule has 3 aromatic carbocycles. The van der Waals surface area contributed by atoms with Crippen molar-refractivity contribution in [2.45, 2.75) is 24.7 Å². The summed E-state index contributed by atoms with van der Waals surface area (Å²) in [6.07, 6.45) is 0. The van der Waals surface area contributed by atoms with Gasteiger partial charge in [-0.05, 0) is 30.5 Å². The summed E-state index contributed by atoms with van der Waals surface area (Å²) in [5.74, 6) is -0.249. The second-order valence-electron chi connectivity index (χ2n) is 6.78. The minimum absolute atomic E-state index is 0.249. The van der Waals surface area contributed by atoms with Crippen LogP contribution in [0.1, 0.15) is 36.5 Å². The second kappa shape index (κ2) is 9.83. The van der Waals surface area contributed by atoms with Crippen molar-refractivity contribution in [1.29, 1.82) is 0 Å². The topological polar surface area (TPSA) is 35.5 Å². The summed E-state index contributed by atoms with van der Waals surface area (Å²) < 4.78 is 26.2. The molecule has 3 rings (SSSR count). The summed E-state index contributed by atoms with van der Waals surface area (Å²) in [7, 11) is -0.716. The first kappa shape index (κ1) is 21.9. The molecule has 0 aliphatic heterocycles. The maximum Gasteiger partial charge on any atom is 0.345 e. The zero-order chi connectivity index (χ0) is 20.7. The van der Waals surface area contributed by atoms with Crippen LogP contribution in [0.15, 0.2) is 91.0 Å². The molecule has 3 aromatic rings. The summed E-state index contributed by atoms with van der Waals surface area (Å²) in [5.41, 5.74) is 3.00. The van der Waals surface area contributed by atoms with Gasteiger partial charge in [0.2, 0.25) is 0 Å². The Labute approximate surface area is 176 Å². The minimum Gasteiger partial charge on any atom is -0.308 e. The molecule has 0 N–H and O–H groups in total. The Morgan fingerprint density at radius 1 is 0.759 bits per heavy atom. The normalized spacial score (nSPS) is 13.9. The van der Waals surface area contributed by atoms with Crippen molar-refractivity contribution >= 4 is 16.8 Å². The molecule has 152 valence electrons. The molecule has 2 atom stereocenters. The van der Waals surface area contributed by atoms with E-state index in [1.54, 1.807) is 0 Å². The smallest absolute Gasteiger partial charge is 0.308 e. The van der Waals surface area contributed by atoms with E-state index in [4.69, 9.17) is 9.05 Å². The van der Waals surface area contributed by atoms with Crippen molar-refractivity contribution in [2.24, 2.45) is 0 Å². The fraction of sp³-hybridized carbons (Fsp3) is 0.250. The van der Waals surface area contributed by atoms with Gasteiger partial charge in [-0.25, -0.2) is 0 Å². The van der Waals surface area contributed by atoms with Gasteiger partial charge in [0.05, 0.1) is 13.2 Å². The zero-order valence-corrected chi connectivity index (χ0v) is 19.0. The molecule has 0 saturated carbocycles. The van der Waals surface area contributed by atoms with Gasteiger partial charge in [0, 0.05) is 5.92 Å². The Morgan fingerprint density at radius 3 is 1.52 bits per heavy atom. The van der Waals surface area contributed by atoms with Crippen LogP contribution in [0.4, 0.5) is 0 Å². The number of hydrogen-bond acceptors (Lipinski definition) is 3. The van der Waals surface area contributed by atoms with Gasteiger partial charge in [-0.1, -0.05) is 91.0 Å². The van der Waals surface area contributed by atoms with Crippen LogP contribution in [0.2, 0.25) is 0 Å². The van der Waals surface area contributed by atoms with Crippen LogP contribution in [0.5, 0.6) is 0 Å². The van der Waals surface area contributed by atoms with E-state index in [9.17, 15) is 4.57 Å². The van der Waals surface area contributed by atoms with Gasteiger partial charge in [0.15, 0.2) is 0 Å². The third kappa shape index (κ3) is 4.39. The Bertz CT molecular complexity index is 883. The van der Waals surface area contributed by atoms with Crippen molar-refractivity contribution in [3.8, 4) is 0 Å². The van der Waals surface area contributed by atoms with Crippen molar-refractivity contribution in [3.05, 3.63) is 108 Å². The predicted octanol–water partition coefficient (Wildman–Crippen LogP) is 6.81. The monoisotopic (exact) mass is 426 g/mol. The van der Waals surface area contributed by atoms with Crippen LogP contribution in [0, 0.1) is 0 Å². The lowest BCUT2D eigenvalue weighted by Gasteiger charge is -2.42. The molecule has 0 spiro atoms. The summed E-state index contributed by atoms with van der Waals surface area (Å²) in [4.78, 5) is -0.997. The highest BCUT2D eigenvalue weighted by molar-refractivity contribution is 7.63. The molecule has 0 aliphatic rings. The molecule has 0 radical (unpaired) electrons. The summed E-state index contributed by atoms with van der Waals surface area (Å²) in [6, 6.07) is 30.2. The minimum atomic E-state index is -3.59. The summed E-state index contributed by atoms with van der Waals surface area (Å²) in [6.45, 7) is 4.30. The molecule has 0 fully saturated rings. The standard InChI is InChI=1S/C24H28O3P2/c1-3-26-29(25,27-4-2)24(28,22-18-12-7-13-19-22)23(20-14-8-5-9-15-20)21-16-10-6-11-17-21/h5-19,23H,3-4,28H2,1-2H3. The Kier molecular flexibility index (Phi) is 7.44. The van der Waals surface area contributed by atoms with Gasteiger partial charge < -0.3 is 9.05 Å². The van der Waals surface area contributed by atoms with Gasteiger partial charge in [0.25, 0.3) is 0 Å². The van der Waals surface area contributed by atoms with Crippen LogP contribution in [0.3, 0.4) is 0 Å². The fourth-order valence-corrected chi connectivity index (χ4v) is 7.06. The molecule has 0 bridgehead atoms. The first-order valence-electron chi connectivity index (χ1n) is 9.90. The van der Waals surface area contributed by atoms with E-state index in [2.05, 4.69) is 33.5 Å². The van der Waals surface area contributed by atoms with Gasteiger partial charge in [-0.3, -0.25) is 4.57 Å². The van der Waals surface area contributed by atoms with Gasteiger partial charge in [0.1, 0.15) is 4.90 Å². The fourth-order valence-electron chi connectivity index (χ4n) is 3.77. The molecular formula is C24H28O3P2. The molecule has 0 saturated heterocycles. The van der Waals surface area contributed by atoms with Crippen molar-refractivity contribution in [1.82, 2.24) is 0 Å². The summed E-state index contributed by atoms with van der Waals surface area (Å²) >= 11 is 0. The molecule has 0 aromatic heterocycles. The van der Waals surface area contributed by atoms with Gasteiger partial charge in [-0.2, -0.15) is 0 Å². The average molecular weight is 426 g/mol. The molecule has 5 heteroatoms. The molecule has 0 heterocycles. The lowest BCUT2D eigenvalue weighted by Crippen LogP contribution is -2.30. The van der Waals surface area contributed by atoms with E-state index in [0.29, 0.717) is 13.2 Å². The van der Waals surface area contributed by atoms with Gasteiger partial charge in [-0.15, -0.1) is 9.24 Å². The number of rotatable bonds is 9. The second-order valence-corrected chi connectivity index (χ2v) is 10.4. The van der Waals surface area contributed by atoms with Crippen molar-refractivity contribution < 1.29 is 13.6 Å². The van der Waals surface area contributed by atoms with Crippen LogP contribution in [0.25, 0.3) is 0 Å². The lowest BCUT2D eigenvalue weighted by molar-refractivity contribution is 0.205. The number of hydrogen-bond donors (Lipinski definition) is 0. The Hall–Kier alpha value is -1.76. The van der Waals surface area contributed by atoms with E-state index in [1.165, 1.54) is 0 Å². The largest absolute Gasteiger partial charge is 0.345 e. The number of benzene rings is 3. The van der Waals surface area contributed by atoms with Crippen LogP contribution in [-0.2, 0) is 18.5 Å². The quantitative estimate of drug-likeness (QED) is 0.353. The van der Waals surface area contributed by atoms with Gasteiger partial charge >= 0.3 is 7.60 Å². The lowest BCUT2D eigenvalue weighted by atomic mass is 9.85. The molecule has 29 heavy (non-hydrogen) atoms. The Morgan fingerprint density at radius 2 is 1.14 bits per heavy atom.